The second-order valence-corrected chi connectivity index (χ2v) is 8.46. The normalized spacial score (nSPS) is 16.4. The minimum Gasteiger partial charge on any atom is -0.296 e. The van der Waals surface area contributed by atoms with Crippen molar-refractivity contribution in [1.29, 1.82) is 0 Å². The van der Waals surface area contributed by atoms with E-state index in [0.717, 1.165) is 40.7 Å². The van der Waals surface area contributed by atoms with Gasteiger partial charge in [-0.1, -0.05) is 37.6 Å². The second kappa shape index (κ2) is 7.51. The number of hydrogen-bond donors (Lipinski definition) is 0. The third-order valence-corrected chi connectivity index (χ3v) is 6.23. The fourth-order valence-corrected chi connectivity index (χ4v) is 4.71. The summed E-state index contributed by atoms with van der Waals surface area (Å²) in [5.74, 6) is 0.907. The van der Waals surface area contributed by atoms with Crippen LogP contribution in [0.3, 0.4) is 0 Å². The lowest BCUT2D eigenvalue weighted by Gasteiger charge is -2.20. The first kappa shape index (κ1) is 20.5. The van der Waals surface area contributed by atoms with Gasteiger partial charge in [-0.2, -0.15) is 4.98 Å². The van der Waals surface area contributed by atoms with Gasteiger partial charge in [-0.05, 0) is 73.7 Å². The predicted molar refractivity (Wildman–Crippen MR) is 123 cm³/mol. The van der Waals surface area contributed by atoms with Gasteiger partial charge in [0.15, 0.2) is 5.78 Å². The molecule has 1 aliphatic carbocycles. The second-order valence-electron chi connectivity index (χ2n) is 8.06. The van der Waals surface area contributed by atoms with Crippen LogP contribution in [0.1, 0.15) is 63.9 Å². The standard InChI is InChI=1S/C23H19ClN2O2.C2H6/c1-23(2)16-12-14(13-5-3-6-15(27)11-13)9-10-18(16)26-19-8-4-7-17(24)20(19)21(28)25-22(23)26;1-2/h4,7-12H,3,5-6H2,1-2H3;1-2H3. The van der Waals surface area contributed by atoms with Crippen LogP contribution in [0.25, 0.3) is 22.2 Å². The summed E-state index contributed by atoms with van der Waals surface area (Å²) in [6, 6.07) is 11.8. The first-order valence-corrected chi connectivity index (χ1v) is 10.9. The van der Waals surface area contributed by atoms with E-state index >= 15 is 0 Å². The summed E-state index contributed by atoms with van der Waals surface area (Å²) in [5.41, 5.74) is 4.30. The molecule has 0 saturated carbocycles. The first-order chi connectivity index (χ1) is 14.4. The molecule has 1 aliphatic heterocycles. The van der Waals surface area contributed by atoms with Crippen LogP contribution in [0.4, 0.5) is 0 Å². The number of benzene rings is 2. The Bertz CT molecular complexity index is 1270. The Morgan fingerprint density at radius 1 is 1.07 bits per heavy atom. The SMILES string of the molecule is CC.CC1(C)c2cc(C3=CC(=O)CCC3)ccc2-n2c1nc(=O)c1c(Cl)cccc12. The molecule has 0 unspecified atom stereocenters. The molecule has 0 bridgehead atoms. The van der Waals surface area contributed by atoms with Crippen LogP contribution in [0, 0.1) is 0 Å². The summed E-state index contributed by atoms with van der Waals surface area (Å²) in [6.45, 7) is 8.16. The average molecular weight is 421 g/mol. The molecule has 154 valence electrons. The minimum atomic E-state index is -0.430. The van der Waals surface area contributed by atoms with Crippen LogP contribution in [0.15, 0.2) is 47.3 Å². The predicted octanol–water partition coefficient (Wildman–Crippen LogP) is 5.84. The van der Waals surface area contributed by atoms with Crippen molar-refractivity contribution < 1.29 is 4.79 Å². The lowest BCUT2D eigenvalue weighted by Crippen LogP contribution is -2.24. The van der Waals surface area contributed by atoms with Crippen LogP contribution in [0.2, 0.25) is 5.02 Å². The van der Waals surface area contributed by atoms with E-state index in [-0.39, 0.29) is 11.3 Å². The molecule has 1 aromatic heterocycles. The number of aromatic nitrogens is 2. The molecule has 5 rings (SSSR count). The Morgan fingerprint density at radius 2 is 1.83 bits per heavy atom. The van der Waals surface area contributed by atoms with Gasteiger partial charge in [-0.3, -0.25) is 14.2 Å². The number of carbonyl (C=O) groups is 1. The molecule has 5 heteroatoms. The van der Waals surface area contributed by atoms with Crippen molar-refractivity contribution in [1.82, 2.24) is 9.55 Å². The summed E-state index contributed by atoms with van der Waals surface area (Å²) < 4.78 is 2.04. The highest BCUT2D eigenvalue weighted by Crippen LogP contribution is 2.44. The fraction of sp³-hybridized carbons (Fsp3) is 0.320. The topological polar surface area (TPSA) is 52.0 Å². The van der Waals surface area contributed by atoms with E-state index in [0.29, 0.717) is 22.7 Å². The molecule has 0 radical (unpaired) electrons. The molecule has 2 heterocycles. The molecule has 0 spiro atoms. The maximum absolute atomic E-state index is 12.7. The van der Waals surface area contributed by atoms with E-state index in [2.05, 4.69) is 37.0 Å². The van der Waals surface area contributed by atoms with E-state index in [1.54, 1.807) is 12.1 Å². The Hall–Kier alpha value is -2.72. The number of fused-ring (bicyclic) bond motifs is 5. The molecule has 4 nitrogen and oxygen atoms in total. The summed E-state index contributed by atoms with van der Waals surface area (Å²) in [7, 11) is 0. The first-order valence-electron chi connectivity index (χ1n) is 10.5. The monoisotopic (exact) mass is 420 g/mol. The molecule has 2 aromatic carbocycles. The van der Waals surface area contributed by atoms with Gasteiger partial charge in [0.1, 0.15) is 5.82 Å². The Morgan fingerprint density at radius 3 is 2.57 bits per heavy atom. The number of ketones is 1. The van der Waals surface area contributed by atoms with Gasteiger partial charge in [0, 0.05) is 6.42 Å². The van der Waals surface area contributed by atoms with Crippen molar-refractivity contribution in [2.75, 3.05) is 0 Å². The van der Waals surface area contributed by atoms with E-state index in [9.17, 15) is 9.59 Å². The van der Waals surface area contributed by atoms with Crippen molar-refractivity contribution in [3.63, 3.8) is 0 Å². The number of rotatable bonds is 1. The van der Waals surface area contributed by atoms with Crippen molar-refractivity contribution in [3.8, 4) is 5.69 Å². The number of carbonyl (C=O) groups excluding carboxylic acids is 1. The van der Waals surface area contributed by atoms with E-state index in [1.807, 2.05) is 30.5 Å². The average Bonchev–Trinajstić information content (AvgIpc) is 2.96. The molecule has 30 heavy (non-hydrogen) atoms. The third-order valence-electron chi connectivity index (χ3n) is 5.91. The van der Waals surface area contributed by atoms with Gasteiger partial charge in [-0.15, -0.1) is 0 Å². The Balaban J connectivity index is 0.00000106. The van der Waals surface area contributed by atoms with E-state index in [4.69, 9.17) is 11.6 Å². The summed E-state index contributed by atoms with van der Waals surface area (Å²) in [5, 5.41) is 0.861. The minimum absolute atomic E-state index is 0.192. The highest BCUT2D eigenvalue weighted by Gasteiger charge is 2.39. The molecular formula is C25H25ClN2O2. The van der Waals surface area contributed by atoms with Crippen molar-refractivity contribution in [3.05, 3.63) is 74.8 Å². The summed E-state index contributed by atoms with van der Waals surface area (Å²) in [4.78, 5) is 29.0. The lowest BCUT2D eigenvalue weighted by atomic mass is 9.83. The maximum atomic E-state index is 12.7. The third kappa shape index (κ3) is 3.02. The molecule has 0 N–H and O–H groups in total. The highest BCUT2D eigenvalue weighted by molar-refractivity contribution is 6.35. The van der Waals surface area contributed by atoms with Crippen LogP contribution in [0.5, 0.6) is 0 Å². The summed E-state index contributed by atoms with van der Waals surface area (Å²) in [6.07, 6.45) is 4.21. The van der Waals surface area contributed by atoms with Crippen molar-refractivity contribution >= 4 is 33.9 Å². The van der Waals surface area contributed by atoms with E-state index < -0.39 is 5.41 Å². The van der Waals surface area contributed by atoms with E-state index in [1.165, 1.54) is 0 Å². The Kier molecular flexibility index (Phi) is 5.15. The number of hydrogen-bond acceptors (Lipinski definition) is 3. The van der Waals surface area contributed by atoms with Crippen molar-refractivity contribution in [2.24, 2.45) is 0 Å². The van der Waals surface area contributed by atoms with Gasteiger partial charge < -0.3 is 0 Å². The number of nitrogens with zero attached hydrogens (tertiary/aromatic N) is 2. The zero-order chi connectivity index (χ0) is 21.6. The highest BCUT2D eigenvalue weighted by atomic mass is 35.5. The molecule has 0 saturated heterocycles. The summed E-state index contributed by atoms with van der Waals surface area (Å²) >= 11 is 6.31. The molecule has 3 aromatic rings. The van der Waals surface area contributed by atoms with Crippen LogP contribution >= 0.6 is 11.6 Å². The molecule has 0 fully saturated rings. The number of halogens is 1. The quantitative estimate of drug-likeness (QED) is 0.496. The fourth-order valence-electron chi connectivity index (χ4n) is 4.46. The Labute approximate surface area is 181 Å². The zero-order valence-corrected chi connectivity index (χ0v) is 18.5. The van der Waals surface area contributed by atoms with Gasteiger partial charge in [-0.25, -0.2) is 0 Å². The number of allylic oxidation sites excluding steroid dienone is 2. The lowest BCUT2D eigenvalue weighted by molar-refractivity contribution is -0.114. The largest absolute Gasteiger partial charge is 0.296 e. The van der Waals surface area contributed by atoms with Gasteiger partial charge >= 0.3 is 0 Å². The smallest absolute Gasteiger partial charge is 0.282 e. The molecule has 2 aliphatic rings. The van der Waals surface area contributed by atoms with Crippen LogP contribution in [-0.4, -0.2) is 15.3 Å². The van der Waals surface area contributed by atoms with Gasteiger partial charge in [0.05, 0.1) is 27.0 Å². The van der Waals surface area contributed by atoms with Crippen molar-refractivity contribution in [2.45, 2.75) is 52.4 Å². The van der Waals surface area contributed by atoms with Crippen LogP contribution in [-0.2, 0) is 10.2 Å². The van der Waals surface area contributed by atoms with Crippen LogP contribution < -0.4 is 5.56 Å². The molecule has 0 atom stereocenters. The molecular weight excluding hydrogens is 396 g/mol. The maximum Gasteiger partial charge on any atom is 0.282 e. The zero-order valence-electron chi connectivity index (χ0n) is 17.8. The molecule has 0 amide bonds. The van der Waals surface area contributed by atoms with Gasteiger partial charge in [0.25, 0.3) is 5.56 Å². The van der Waals surface area contributed by atoms with Gasteiger partial charge in [0.2, 0.25) is 0 Å².